The average molecular weight is 250 g/mol. The maximum absolute atomic E-state index is 11.2. The molecule has 0 aliphatic carbocycles. The Hall–Kier alpha value is -1.51. The highest BCUT2D eigenvalue weighted by molar-refractivity contribution is 5.88. The third kappa shape index (κ3) is 2.84. The number of methoxy groups -OCH3 is 1. The molecule has 100 valence electrons. The van der Waals surface area contributed by atoms with Gasteiger partial charge in [0.2, 0.25) is 0 Å². The van der Waals surface area contributed by atoms with Crippen LogP contribution in [0.25, 0.3) is 0 Å². The number of hydrogen-bond donors (Lipinski definition) is 1. The van der Waals surface area contributed by atoms with Gasteiger partial charge < -0.3 is 9.84 Å². The summed E-state index contributed by atoms with van der Waals surface area (Å²) in [6.07, 6.45) is 0. The minimum atomic E-state index is -0.898. The van der Waals surface area contributed by atoms with Gasteiger partial charge in [-0.2, -0.15) is 0 Å². The first kappa shape index (κ1) is 14.6. The molecule has 0 aliphatic heterocycles. The number of aromatic carboxylic acids is 1. The van der Waals surface area contributed by atoms with Crippen LogP contribution in [0.2, 0.25) is 0 Å². The minimum Gasteiger partial charge on any atom is -0.496 e. The molecule has 0 bridgehead atoms. The fraction of sp³-hybridized carbons (Fsp3) is 0.533. The number of carboxylic acid groups (broad SMARTS) is 1. The molecule has 0 unspecified atom stereocenters. The number of ether oxygens (including phenoxy) is 1. The van der Waals surface area contributed by atoms with E-state index < -0.39 is 5.97 Å². The number of rotatable bonds is 3. The predicted molar refractivity (Wildman–Crippen MR) is 72.7 cm³/mol. The van der Waals surface area contributed by atoms with Crippen molar-refractivity contribution >= 4 is 5.97 Å². The fourth-order valence-electron chi connectivity index (χ4n) is 1.99. The van der Waals surface area contributed by atoms with Crippen LogP contribution in [0.5, 0.6) is 5.75 Å². The van der Waals surface area contributed by atoms with E-state index in [1.807, 2.05) is 13.8 Å². The lowest BCUT2D eigenvalue weighted by atomic mass is 9.82. The summed E-state index contributed by atoms with van der Waals surface area (Å²) in [6.45, 7) is 10.2. The summed E-state index contributed by atoms with van der Waals surface area (Å²) in [5.74, 6) is 0.132. The largest absolute Gasteiger partial charge is 0.496 e. The Labute approximate surface area is 109 Å². The summed E-state index contributed by atoms with van der Waals surface area (Å²) >= 11 is 0. The molecule has 0 heterocycles. The van der Waals surface area contributed by atoms with Gasteiger partial charge in [-0.05, 0) is 29.0 Å². The van der Waals surface area contributed by atoms with E-state index >= 15 is 0 Å². The van der Waals surface area contributed by atoms with Gasteiger partial charge in [0.1, 0.15) is 5.75 Å². The number of carboxylic acids is 1. The highest BCUT2D eigenvalue weighted by Crippen LogP contribution is 2.38. The van der Waals surface area contributed by atoms with Gasteiger partial charge in [-0.1, -0.05) is 34.6 Å². The van der Waals surface area contributed by atoms with Crippen molar-refractivity contribution in [3.63, 3.8) is 0 Å². The topological polar surface area (TPSA) is 46.5 Å². The molecule has 0 aliphatic rings. The van der Waals surface area contributed by atoms with Crippen LogP contribution in [-0.2, 0) is 5.41 Å². The van der Waals surface area contributed by atoms with Crippen LogP contribution in [0.1, 0.15) is 62.0 Å². The normalized spacial score (nSPS) is 11.7. The fourth-order valence-corrected chi connectivity index (χ4v) is 1.99. The third-order valence-electron chi connectivity index (χ3n) is 3.00. The maximum atomic E-state index is 11.2. The summed E-state index contributed by atoms with van der Waals surface area (Å²) in [5, 5.41) is 9.20. The summed E-state index contributed by atoms with van der Waals surface area (Å²) in [7, 11) is 1.64. The Kier molecular flexibility index (Phi) is 4.05. The Morgan fingerprint density at radius 1 is 1.28 bits per heavy atom. The van der Waals surface area contributed by atoms with Crippen molar-refractivity contribution in [1.29, 1.82) is 0 Å². The summed E-state index contributed by atoms with van der Waals surface area (Å²) in [5.41, 5.74) is 2.06. The maximum Gasteiger partial charge on any atom is 0.335 e. The van der Waals surface area contributed by atoms with Crippen molar-refractivity contribution in [1.82, 2.24) is 0 Å². The second kappa shape index (κ2) is 5.01. The van der Waals surface area contributed by atoms with E-state index in [-0.39, 0.29) is 11.3 Å². The molecule has 1 aromatic rings. The standard InChI is InChI=1S/C15H22O3/c1-9(2)11-7-10(14(16)17)8-12(13(11)18-6)15(3,4)5/h7-9H,1-6H3,(H,16,17). The Bertz CT molecular complexity index is 454. The molecular formula is C15H22O3. The molecule has 0 saturated carbocycles. The molecule has 1 N–H and O–H groups in total. The molecule has 0 atom stereocenters. The van der Waals surface area contributed by atoms with Crippen LogP contribution in [0.3, 0.4) is 0 Å². The molecule has 0 aromatic heterocycles. The van der Waals surface area contributed by atoms with E-state index in [0.717, 1.165) is 16.9 Å². The van der Waals surface area contributed by atoms with Crippen LogP contribution in [-0.4, -0.2) is 18.2 Å². The van der Waals surface area contributed by atoms with E-state index in [0.29, 0.717) is 5.56 Å². The van der Waals surface area contributed by atoms with Gasteiger partial charge in [0.25, 0.3) is 0 Å². The third-order valence-corrected chi connectivity index (χ3v) is 3.00. The molecule has 18 heavy (non-hydrogen) atoms. The first-order valence-electron chi connectivity index (χ1n) is 6.14. The Morgan fingerprint density at radius 3 is 2.17 bits per heavy atom. The minimum absolute atomic E-state index is 0.152. The van der Waals surface area contributed by atoms with E-state index in [1.54, 1.807) is 19.2 Å². The summed E-state index contributed by atoms with van der Waals surface area (Å²) < 4.78 is 5.51. The van der Waals surface area contributed by atoms with Crippen LogP contribution < -0.4 is 4.74 Å². The summed E-state index contributed by atoms with van der Waals surface area (Å²) in [4.78, 5) is 11.2. The lowest BCUT2D eigenvalue weighted by Gasteiger charge is -2.25. The molecule has 1 aromatic carbocycles. The molecule has 3 heteroatoms. The van der Waals surface area contributed by atoms with Crippen molar-refractivity contribution in [2.45, 2.75) is 46.0 Å². The van der Waals surface area contributed by atoms with Crippen molar-refractivity contribution in [2.24, 2.45) is 0 Å². The molecule has 0 amide bonds. The second-order valence-electron chi connectivity index (χ2n) is 5.86. The highest BCUT2D eigenvalue weighted by Gasteiger charge is 2.24. The Balaban J connectivity index is 3.62. The molecule has 1 rings (SSSR count). The van der Waals surface area contributed by atoms with Crippen molar-refractivity contribution in [2.75, 3.05) is 7.11 Å². The van der Waals surface area contributed by atoms with Gasteiger partial charge in [0.15, 0.2) is 0 Å². The quantitative estimate of drug-likeness (QED) is 0.887. The predicted octanol–water partition coefficient (Wildman–Crippen LogP) is 3.81. The van der Waals surface area contributed by atoms with Gasteiger partial charge in [-0.3, -0.25) is 0 Å². The Morgan fingerprint density at radius 2 is 1.83 bits per heavy atom. The number of benzene rings is 1. The zero-order valence-corrected chi connectivity index (χ0v) is 12.0. The SMILES string of the molecule is COc1c(C(C)C)cc(C(=O)O)cc1C(C)(C)C. The highest BCUT2D eigenvalue weighted by atomic mass is 16.5. The van der Waals surface area contributed by atoms with Crippen LogP contribution in [0.15, 0.2) is 12.1 Å². The lowest BCUT2D eigenvalue weighted by Crippen LogP contribution is -2.16. The van der Waals surface area contributed by atoms with Crippen LogP contribution >= 0.6 is 0 Å². The van der Waals surface area contributed by atoms with E-state index in [9.17, 15) is 9.90 Å². The molecule has 3 nitrogen and oxygen atoms in total. The van der Waals surface area contributed by atoms with Gasteiger partial charge >= 0.3 is 5.97 Å². The zero-order valence-electron chi connectivity index (χ0n) is 12.0. The first-order chi connectivity index (χ1) is 8.18. The first-order valence-corrected chi connectivity index (χ1v) is 6.14. The molecule has 0 fully saturated rings. The summed E-state index contributed by atoms with van der Waals surface area (Å²) in [6, 6.07) is 3.42. The lowest BCUT2D eigenvalue weighted by molar-refractivity contribution is 0.0696. The van der Waals surface area contributed by atoms with E-state index in [1.165, 1.54) is 0 Å². The van der Waals surface area contributed by atoms with Crippen molar-refractivity contribution in [3.05, 3.63) is 28.8 Å². The number of carbonyl (C=O) groups is 1. The molecular weight excluding hydrogens is 228 g/mol. The zero-order chi connectivity index (χ0) is 14.1. The smallest absolute Gasteiger partial charge is 0.335 e. The second-order valence-corrected chi connectivity index (χ2v) is 5.86. The molecule has 0 spiro atoms. The number of hydrogen-bond acceptors (Lipinski definition) is 2. The van der Waals surface area contributed by atoms with Gasteiger partial charge in [-0.25, -0.2) is 4.79 Å². The van der Waals surface area contributed by atoms with Gasteiger partial charge in [-0.15, -0.1) is 0 Å². The van der Waals surface area contributed by atoms with Crippen LogP contribution in [0.4, 0.5) is 0 Å². The van der Waals surface area contributed by atoms with Crippen LogP contribution in [0, 0.1) is 0 Å². The molecule has 0 radical (unpaired) electrons. The molecule has 0 saturated heterocycles. The monoisotopic (exact) mass is 250 g/mol. The van der Waals surface area contributed by atoms with Gasteiger partial charge in [0.05, 0.1) is 12.7 Å². The average Bonchev–Trinajstić information content (AvgIpc) is 2.25. The van der Waals surface area contributed by atoms with Crippen molar-refractivity contribution in [3.8, 4) is 5.75 Å². The van der Waals surface area contributed by atoms with Gasteiger partial charge in [0, 0.05) is 5.56 Å². The van der Waals surface area contributed by atoms with E-state index in [4.69, 9.17) is 4.74 Å². The van der Waals surface area contributed by atoms with E-state index in [2.05, 4.69) is 20.8 Å². The van der Waals surface area contributed by atoms with Crippen molar-refractivity contribution < 1.29 is 14.6 Å².